The molecule has 3 rings (SSSR count). The number of aromatic nitrogens is 1. The Bertz CT molecular complexity index is 895. The summed E-state index contributed by atoms with van der Waals surface area (Å²) in [7, 11) is 0. The van der Waals surface area contributed by atoms with Gasteiger partial charge < -0.3 is 10.2 Å². The van der Waals surface area contributed by atoms with E-state index in [2.05, 4.69) is 42.3 Å². The fourth-order valence-corrected chi connectivity index (χ4v) is 4.44. The Balaban J connectivity index is 1.89. The summed E-state index contributed by atoms with van der Waals surface area (Å²) in [4.78, 5) is 32.3. The van der Waals surface area contributed by atoms with Crippen molar-refractivity contribution in [1.29, 1.82) is 0 Å². The van der Waals surface area contributed by atoms with Crippen LogP contribution in [0.25, 0.3) is 11.1 Å². The van der Waals surface area contributed by atoms with Gasteiger partial charge in [0.2, 0.25) is 11.8 Å². The lowest BCUT2D eigenvalue weighted by molar-refractivity contribution is -0.142. The molecule has 166 valence electrons. The fourth-order valence-electron chi connectivity index (χ4n) is 4.44. The predicted molar refractivity (Wildman–Crippen MR) is 124 cm³/mol. The molecular formula is C26H35N3O2. The van der Waals surface area contributed by atoms with Gasteiger partial charge in [-0.1, -0.05) is 38.1 Å². The molecule has 1 aromatic carbocycles. The van der Waals surface area contributed by atoms with Gasteiger partial charge in [0, 0.05) is 37.9 Å². The highest BCUT2D eigenvalue weighted by atomic mass is 16.2. The SMILES string of the molecule is CC(C)CC(=O)N1CCCC(Cc2cccc(-c3ccncc3)c2)(C(=O)NC(C)C)C1. The van der Waals surface area contributed by atoms with Gasteiger partial charge in [0.05, 0.1) is 5.41 Å². The van der Waals surface area contributed by atoms with Gasteiger partial charge in [0.1, 0.15) is 0 Å². The Morgan fingerprint density at radius 2 is 1.84 bits per heavy atom. The highest BCUT2D eigenvalue weighted by molar-refractivity contribution is 5.85. The van der Waals surface area contributed by atoms with E-state index in [1.807, 2.05) is 36.9 Å². The number of nitrogens with zero attached hydrogens (tertiary/aromatic N) is 2. The van der Waals surface area contributed by atoms with Crippen molar-refractivity contribution in [2.45, 2.75) is 59.4 Å². The molecule has 5 nitrogen and oxygen atoms in total. The number of carbonyl (C=O) groups is 2. The number of carbonyl (C=O) groups excluding carboxylic acids is 2. The number of benzene rings is 1. The van der Waals surface area contributed by atoms with Crippen LogP contribution in [0, 0.1) is 11.3 Å². The van der Waals surface area contributed by atoms with E-state index in [0.717, 1.165) is 36.1 Å². The number of amides is 2. The summed E-state index contributed by atoms with van der Waals surface area (Å²) in [5.74, 6) is 0.520. The van der Waals surface area contributed by atoms with Crippen molar-refractivity contribution < 1.29 is 9.59 Å². The number of nitrogens with one attached hydrogen (secondary N) is 1. The lowest BCUT2D eigenvalue weighted by atomic mass is 9.73. The number of hydrogen-bond donors (Lipinski definition) is 1. The number of piperidine rings is 1. The molecular weight excluding hydrogens is 386 g/mol. The summed E-state index contributed by atoms with van der Waals surface area (Å²) in [6, 6.07) is 12.4. The van der Waals surface area contributed by atoms with E-state index >= 15 is 0 Å². The third-order valence-corrected chi connectivity index (χ3v) is 5.90. The number of likely N-dealkylation sites (tertiary alicyclic amines) is 1. The molecule has 0 bridgehead atoms. The van der Waals surface area contributed by atoms with Crippen LogP contribution in [0.2, 0.25) is 0 Å². The van der Waals surface area contributed by atoms with Crippen LogP contribution < -0.4 is 5.32 Å². The topological polar surface area (TPSA) is 62.3 Å². The Morgan fingerprint density at radius 1 is 1.10 bits per heavy atom. The van der Waals surface area contributed by atoms with Gasteiger partial charge in [0.25, 0.3) is 0 Å². The molecule has 5 heteroatoms. The minimum Gasteiger partial charge on any atom is -0.353 e. The first-order chi connectivity index (χ1) is 14.8. The van der Waals surface area contributed by atoms with Crippen LogP contribution in [-0.2, 0) is 16.0 Å². The van der Waals surface area contributed by atoms with Gasteiger partial charge in [-0.15, -0.1) is 0 Å². The summed E-state index contributed by atoms with van der Waals surface area (Å²) in [5, 5.41) is 3.13. The van der Waals surface area contributed by atoms with Crippen molar-refractivity contribution >= 4 is 11.8 Å². The highest BCUT2D eigenvalue weighted by Gasteiger charge is 2.43. The van der Waals surface area contributed by atoms with Crippen LogP contribution in [0.5, 0.6) is 0 Å². The summed E-state index contributed by atoms with van der Waals surface area (Å²) in [6.07, 6.45) is 6.36. The van der Waals surface area contributed by atoms with Crippen LogP contribution in [-0.4, -0.2) is 40.8 Å². The molecule has 1 aromatic heterocycles. The monoisotopic (exact) mass is 421 g/mol. The smallest absolute Gasteiger partial charge is 0.228 e. The molecule has 1 atom stereocenters. The zero-order valence-electron chi connectivity index (χ0n) is 19.2. The molecule has 1 aliphatic heterocycles. The van der Waals surface area contributed by atoms with Gasteiger partial charge in [-0.25, -0.2) is 0 Å². The molecule has 2 amide bonds. The molecule has 1 unspecified atom stereocenters. The molecule has 0 saturated carbocycles. The van der Waals surface area contributed by atoms with E-state index < -0.39 is 5.41 Å². The van der Waals surface area contributed by atoms with E-state index in [1.54, 1.807) is 12.4 Å². The van der Waals surface area contributed by atoms with Crippen molar-refractivity contribution in [1.82, 2.24) is 15.2 Å². The Morgan fingerprint density at radius 3 is 2.52 bits per heavy atom. The lowest BCUT2D eigenvalue weighted by Crippen LogP contribution is -2.55. The summed E-state index contributed by atoms with van der Waals surface area (Å²) in [5.41, 5.74) is 2.73. The molecule has 31 heavy (non-hydrogen) atoms. The third-order valence-electron chi connectivity index (χ3n) is 5.90. The lowest BCUT2D eigenvalue weighted by Gasteiger charge is -2.42. The average Bonchev–Trinajstić information content (AvgIpc) is 2.74. The Labute approximate surface area is 186 Å². The van der Waals surface area contributed by atoms with Crippen LogP contribution in [0.3, 0.4) is 0 Å². The van der Waals surface area contributed by atoms with Crippen LogP contribution in [0.4, 0.5) is 0 Å². The van der Waals surface area contributed by atoms with Crippen molar-refractivity contribution in [3.05, 3.63) is 54.4 Å². The maximum absolute atomic E-state index is 13.4. The molecule has 1 N–H and O–H groups in total. The van der Waals surface area contributed by atoms with Gasteiger partial charge in [0.15, 0.2) is 0 Å². The quantitative estimate of drug-likeness (QED) is 0.717. The second-order valence-corrected chi connectivity index (χ2v) is 9.54. The Kier molecular flexibility index (Phi) is 7.47. The third kappa shape index (κ3) is 5.93. The predicted octanol–water partition coefficient (Wildman–Crippen LogP) is 4.47. The molecule has 0 aliphatic carbocycles. The standard InChI is InChI=1S/C26H35N3O2/c1-19(2)15-24(30)29-14-6-11-26(18-29,25(31)28-20(3)4)17-21-7-5-8-23(16-21)22-9-12-27-13-10-22/h5,7-10,12-13,16,19-20H,6,11,14-15,17-18H2,1-4H3,(H,28,31). The molecule has 0 spiro atoms. The summed E-state index contributed by atoms with van der Waals surface area (Å²) >= 11 is 0. The zero-order chi connectivity index (χ0) is 22.4. The first-order valence-electron chi connectivity index (χ1n) is 11.4. The molecule has 2 heterocycles. The van der Waals surface area contributed by atoms with E-state index in [4.69, 9.17) is 0 Å². The average molecular weight is 422 g/mol. The van der Waals surface area contributed by atoms with E-state index in [9.17, 15) is 9.59 Å². The minimum absolute atomic E-state index is 0.0545. The molecule has 1 saturated heterocycles. The van der Waals surface area contributed by atoms with Gasteiger partial charge in [-0.05, 0) is 67.9 Å². The van der Waals surface area contributed by atoms with Crippen molar-refractivity contribution in [2.75, 3.05) is 13.1 Å². The maximum Gasteiger partial charge on any atom is 0.228 e. The van der Waals surface area contributed by atoms with Crippen LogP contribution in [0.1, 0.15) is 52.5 Å². The zero-order valence-corrected chi connectivity index (χ0v) is 19.2. The summed E-state index contributed by atoms with van der Waals surface area (Å²) in [6.45, 7) is 9.31. The number of rotatable bonds is 7. The normalized spacial score (nSPS) is 19.0. The second kappa shape index (κ2) is 10.1. The molecule has 1 aliphatic rings. The summed E-state index contributed by atoms with van der Waals surface area (Å²) < 4.78 is 0. The number of pyridine rings is 1. The largest absolute Gasteiger partial charge is 0.353 e. The van der Waals surface area contributed by atoms with Gasteiger partial charge >= 0.3 is 0 Å². The second-order valence-electron chi connectivity index (χ2n) is 9.54. The first kappa shape index (κ1) is 23.0. The number of hydrogen-bond acceptors (Lipinski definition) is 3. The van der Waals surface area contributed by atoms with Gasteiger partial charge in [-0.2, -0.15) is 0 Å². The van der Waals surface area contributed by atoms with E-state index in [1.165, 1.54) is 0 Å². The van der Waals surface area contributed by atoms with Crippen molar-refractivity contribution in [3.63, 3.8) is 0 Å². The minimum atomic E-state index is -0.605. The van der Waals surface area contributed by atoms with Crippen LogP contribution >= 0.6 is 0 Å². The molecule has 0 radical (unpaired) electrons. The maximum atomic E-state index is 13.4. The molecule has 1 fully saturated rings. The van der Waals surface area contributed by atoms with Gasteiger partial charge in [-0.3, -0.25) is 14.6 Å². The Hall–Kier alpha value is -2.69. The van der Waals surface area contributed by atoms with Crippen LogP contribution in [0.15, 0.2) is 48.8 Å². The van der Waals surface area contributed by atoms with E-state index in [-0.39, 0.29) is 17.9 Å². The van der Waals surface area contributed by atoms with Crippen molar-refractivity contribution in [2.24, 2.45) is 11.3 Å². The fraction of sp³-hybridized carbons (Fsp3) is 0.500. The highest BCUT2D eigenvalue weighted by Crippen LogP contribution is 2.36. The van der Waals surface area contributed by atoms with Crippen molar-refractivity contribution in [3.8, 4) is 11.1 Å². The first-order valence-corrected chi connectivity index (χ1v) is 11.4. The van der Waals surface area contributed by atoms with E-state index in [0.29, 0.717) is 25.3 Å². The molecule has 2 aromatic rings.